The molecule has 0 fully saturated rings. The van der Waals surface area contributed by atoms with Gasteiger partial charge in [0.25, 0.3) is 5.91 Å². The molecule has 0 bridgehead atoms. The van der Waals surface area contributed by atoms with Crippen LogP contribution in [0.25, 0.3) is 0 Å². The highest BCUT2D eigenvalue weighted by Crippen LogP contribution is 2.54. The molecule has 216 valence electrons. The highest BCUT2D eigenvalue weighted by molar-refractivity contribution is 6.37. The standard InChI is InChI=1S/C32H33Cl3N2O4/c1-31(2)12-22-28(24(38)14-31)27(29-23(37(22)5)13-32(3,4)15-25(29)39)17-10-20(34)30(21(35)11-17)41-16-26(40)36-19-8-6-18(33)7-9-19/h6-11,27H,12-16H2,1-5H3,(H,36,40). The van der Waals surface area contributed by atoms with Crippen LogP contribution in [0.2, 0.25) is 15.1 Å². The van der Waals surface area contributed by atoms with E-state index < -0.39 is 11.8 Å². The molecule has 9 heteroatoms. The van der Waals surface area contributed by atoms with Crippen molar-refractivity contribution in [2.45, 2.75) is 59.3 Å². The van der Waals surface area contributed by atoms with E-state index in [-0.39, 0.29) is 44.8 Å². The lowest BCUT2D eigenvalue weighted by Gasteiger charge is -2.48. The molecule has 0 radical (unpaired) electrons. The van der Waals surface area contributed by atoms with Crippen molar-refractivity contribution in [2.24, 2.45) is 10.8 Å². The van der Waals surface area contributed by atoms with Crippen molar-refractivity contribution >= 4 is 58.0 Å². The van der Waals surface area contributed by atoms with E-state index in [0.29, 0.717) is 40.3 Å². The van der Waals surface area contributed by atoms with Crippen molar-refractivity contribution in [1.29, 1.82) is 0 Å². The SMILES string of the molecule is CN1C2=C(C(=O)CC(C)(C)C2)C(c2cc(Cl)c(OCC(=O)Nc3ccc(Cl)cc3)c(Cl)c2)C2=C1CC(C)(C)CC2=O. The summed E-state index contributed by atoms with van der Waals surface area (Å²) in [4.78, 5) is 42.0. The summed E-state index contributed by atoms with van der Waals surface area (Å²) < 4.78 is 5.73. The van der Waals surface area contributed by atoms with Crippen LogP contribution in [0, 0.1) is 10.8 Å². The largest absolute Gasteiger partial charge is 0.481 e. The Labute approximate surface area is 255 Å². The molecule has 2 aromatic carbocycles. The van der Waals surface area contributed by atoms with Crippen LogP contribution in [0.1, 0.15) is 64.9 Å². The number of hydrogen-bond acceptors (Lipinski definition) is 5. The average molecular weight is 616 g/mol. The van der Waals surface area contributed by atoms with Gasteiger partial charge in [-0.05, 0) is 65.6 Å². The molecule has 2 aliphatic carbocycles. The first-order chi connectivity index (χ1) is 19.2. The van der Waals surface area contributed by atoms with Gasteiger partial charge in [-0.25, -0.2) is 0 Å². The van der Waals surface area contributed by atoms with E-state index in [1.165, 1.54) is 0 Å². The first-order valence-electron chi connectivity index (χ1n) is 13.6. The highest BCUT2D eigenvalue weighted by atomic mass is 35.5. The van der Waals surface area contributed by atoms with Crippen molar-refractivity contribution in [2.75, 3.05) is 19.0 Å². The normalized spacial score (nSPS) is 20.1. The summed E-state index contributed by atoms with van der Waals surface area (Å²) in [5.41, 5.74) is 4.03. The van der Waals surface area contributed by atoms with Crippen LogP contribution in [0.15, 0.2) is 58.9 Å². The number of carbonyl (C=O) groups excluding carboxylic acids is 3. The molecule has 0 atom stereocenters. The molecular weight excluding hydrogens is 583 g/mol. The number of halogens is 3. The smallest absolute Gasteiger partial charge is 0.262 e. The monoisotopic (exact) mass is 614 g/mol. The number of carbonyl (C=O) groups is 3. The van der Waals surface area contributed by atoms with Gasteiger partial charge in [0.2, 0.25) is 0 Å². The summed E-state index contributed by atoms with van der Waals surface area (Å²) in [6.07, 6.45) is 2.23. The van der Waals surface area contributed by atoms with Crippen molar-refractivity contribution < 1.29 is 19.1 Å². The zero-order valence-corrected chi connectivity index (χ0v) is 26.1. The number of ether oxygens (including phenoxy) is 1. The number of Topliss-reactive ketones (excluding diaryl/α,β-unsaturated/α-hetero) is 2. The third-order valence-corrected chi connectivity index (χ3v) is 8.82. The van der Waals surface area contributed by atoms with Crippen LogP contribution >= 0.6 is 34.8 Å². The zero-order valence-electron chi connectivity index (χ0n) is 23.8. The molecule has 1 amide bonds. The molecule has 0 spiro atoms. The molecule has 1 N–H and O–H groups in total. The maximum Gasteiger partial charge on any atom is 0.262 e. The summed E-state index contributed by atoms with van der Waals surface area (Å²) in [6.45, 7) is 8.07. The fourth-order valence-electron chi connectivity index (χ4n) is 6.25. The second kappa shape index (κ2) is 10.8. The molecule has 1 heterocycles. The minimum absolute atomic E-state index is 0.0312. The molecule has 3 aliphatic rings. The number of allylic oxidation sites excluding steroid dienone is 4. The quantitative estimate of drug-likeness (QED) is 0.369. The Bertz CT molecular complexity index is 1440. The Hall–Kier alpha value is -2.80. The van der Waals surface area contributed by atoms with Gasteiger partial charge in [0.15, 0.2) is 23.9 Å². The van der Waals surface area contributed by atoms with Crippen LogP contribution in [0.5, 0.6) is 5.75 Å². The Kier molecular flexibility index (Phi) is 7.82. The van der Waals surface area contributed by atoms with Gasteiger partial charge in [0.05, 0.1) is 10.0 Å². The van der Waals surface area contributed by atoms with Gasteiger partial charge in [-0.15, -0.1) is 0 Å². The van der Waals surface area contributed by atoms with E-state index >= 15 is 0 Å². The van der Waals surface area contributed by atoms with Gasteiger partial charge in [-0.3, -0.25) is 14.4 Å². The third-order valence-electron chi connectivity index (χ3n) is 8.01. The number of nitrogens with zero attached hydrogens (tertiary/aromatic N) is 1. The Morgan fingerprint density at radius 1 is 0.878 bits per heavy atom. The molecular formula is C32H33Cl3N2O4. The van der Waals surface area contributed by atoms with E-state index in [0.717, 1.165) is 24.2 Å². The number of benzene rings is 2. The molecule has 5 rings (SSSR count). The number of nitrogens with one attached hydrogen (secondary N) is 1. The summed E-state index contributed by atoms with van der Waals surface area (Å²) in [5, 5.41) is 3.68. The van der Waals surface area contributed by atoms with Crippen molar-refractivity contribution in [3.05, 3.63) is 79.6 Å². The summed E-state index contributed by atoms with van der Waals surface area (Å²) in [7, 11) is 1.97. The lowest BCUT2D eigenvalue weighted by atomic mass is 9.64. The molecule has 0 saturated heterocycles. The molecule has 0 aromatic heterocycles. The summed E-state index contributed by atoms with van der Waals surface area (Å²) in [5.74, 6) is -0.741. The first-order valence-corrected chi connectivity index (χ1v) is 14.7. The lowest BCUT2D eigenvalue weighted by Crippen LogP contribution is -2.43. The van der Waals surface area contributed by atoms with E-state index in [2.05, 4.69) is 37.9 Å². The Balaban J connectivity index is 1.50. The van der Waals surface area contributed by atoms with E-state index in [1.807, 2.05) is 7.05 Å². The van der Waals surface area contributed by atoms with Crippen LogP contribution in [-0.4, -0.2) is 36.0 Å². The molecule has 41 heavy (non-hydrogen) atoms. The summed E-state index contributed by atoms with van der Waals surface area (Å²) >= 11 is 19.3. The van der Waals surface area contributed by atoms with Crippen LogP contribution < -0.4 is 10.1 Å². The predicted molar refractivity (Wildman–Crippen MR) is 163 cm³/mol. The number of anilines is 1. The minimum Gasteiger partial charge on any atom is -0.481 e. The number of amides is 1. The summed E-state index contributed by atoms with van der Waals surface area (Å²) in [6, 6.07) is 10.1. The van der Waals surface area contributed by atoms with E-state index in [9.17, 15) is 14.4 Å². The van der Waals surface area contributed by atoms with Gasteiger partial charge >= 0.3 is 0 Å². The lowest BCUT2D eigenvalue weighted by molar-refractivity contribution is -0.120. The van der Waals surface area contributed by atoms with Gasteiger partial charge in [0, 0.05) is 59.1 Å². The minimum atomic E-state index is -0.569. The van der Waals surface area contributed by atoms with Gasteiger partial charge in [0.1, 0.15) is 0 Å². The Morgan fingerprint density at radius 3 is 1.85 bits per heavy atom. The van der Waals surface area contributed by atoms with E-state index in [4.69, 9.17) is 39.5 Å². The molecule has 6 nitrogen and oxygen atoms in total. The second-order valence-electron chi connectivity index (χ2n) is 12.8. The third kappa shape index (κ3) is 5.93. The maximum atomic E-state index is 13.7. The van der Waals surface area contributed by atoms with Crippen LogP contribution in [0.4, 0.5) is 5.69 Å². The van der Waals surface area contributed by atoms with Gasteiger partial charge in [-0.1, -0.05) is 62.5 Å². The van der Waals surface area contributed by atoms with Gasteiger partial charge in [-0.2, -0.15) is 0 Å². The second-order valence-corrected chi connectivity index (χ2v) is 14.0. The van der Waals surface area contributed by atoms with E-state index in [1.54, 1.807) is 36.4 Å². The zero-order chi connectivity index (χ0) is 29.9. The fourth-order valence-corrected chi connectivity index (χ4v) is 6.99. The van der Waals surface area contributed by atoms with Crippen molar-refractivity contribution in [3.63, 3.8) is 0 Å². The number of ketones is 2. The number of hydrogen-bond donors (Lipinski definition) is 1. The highest BCUT2D eigenvalue weighted by Gasteiger charge is 2.48. The molecule has 1 aliphatic heterocycles. The average Bonchev–Trinajstić information content (AvgIpc) is 2.85. The Morgan fingerprint density at radius 2 is 1.37 bits per heavy atom. The topological polar surface area (TPSA) is 75.7 Å². The van der Waals surface area contributed by atoms with Crippen molar-refractivity contribution in [1.82, 2.24) is 4.90 Å². The first kappa shape index (κ1) is 29.7. The molecule has 0 unspecified atom stereocenters. The van der Waals surface area contributed by atoms with Crippen LogP contribution in [-0.2, 0) is 14.4 Å². The molecule has 2 aromatic rings. The van der Waals surface area contributed by atoms with Crippen molar-refractivity contribution in [3.8, 4) is 5.75 Å². The number of rotatable bonds is 5. The van der Waals surface area contributed by atoms with Gasteiger partial charge < -0.3 is 15.0 Å². The predicted octanol–water partition coefficient (Wildman–Crippen LogP) is 7.98. The fraction of sp³-hybridized carbons (Fsp3) is 0.406. The maximum absolute atomic E-state index is 13.7. The van der Waals surface area contributed by atoms with Crippen LogP contribution in [0.3, 0.4) is 0 Å². The molecule has 0 saturated carbocycles.